The van der Waals surface area contributed by atoms with Crippen molar-refractivity contribution in [2.75, 3.05) is 25.1 Å². The largest absolute Gasteiger partial charge is 0.467 e. The molecule has 1 saturated heterocycles. The molecule has 5 rings (SSSR count). The van der Waals surface area contributed by atoms with Gasteiger partial charge < -0.3 is 19.1 Å². The highest BCUT2D eigenvalue weighted by molar-refractivity contribution is 5.87. The van der Waals surface area contributed by atoms with Gasteiger partial charge in [0, 0.05) is 62.6 Å². The monoisotopic (exact) mass is 490 g/mol. The molecule has 0 N–H and O–H groups in total. The number of piperidine rings is 1. The third-order valence-corrected chi connectivity index (χ3v) is 6.96. The zero-order chi connectivity index (χ0) is 25.2. The molecule has 2 aromatic heterocycles. The van der Waals surface area contributed by atoms with Crippen molar-refractivity contribution in [2.24, 2.45) is 5.92 Å². The number of rotatable bonds is 5. The Balaban J connectivity index is 1.30. The van der Waals surface area contributed by atoms with Gasteiger partial charge in [-0.1, -0.05) is 6.07 Å². The Bertz CT molecular complexity index is 1290. The molecule has 36 heavy (non-hydrogen) atoms. The summed E-state index contributed by atoms with van der Waals surface area (Å²) in [6.07, 6.45) is 6.85. The fourth-order valence-electron chi connectivity index (χ4n) is 4.99. The van der Waals surface area contributed by atoms with E-state index in [2.05, 4.69) is 14.9 Å². The second-order valence-corrected chi connectivity index (χ2v) is 9.01. The lowest BCUT2D eigenvalue weighted by Gasteiger charge is -2.39. The van der Waals surface area contributed by atoms with Gasteiger partial charge in [0.15, 0.2) is 0 Å². The third kappa shape index (κ3) is 4.51. The van der Waals surface area contributed by atoms with Crippen LogP contribution in [0.15, 0.2) is 55.1 Å². The van der Waals surface area contributed by atoms with Gasteiger partial charge in [-0.3, -0.25) is 14.9 Å². The number of benzene rings is 1. The number of ether oxygens (including phenoxy) is 1. The van der Waals surface area contributed by atoms with Crippen molar-refractivity contribution in [3.8, 4) is 5.82 Å². The topological polar surface area (TPSA) is 124 Å². The molecule has 2 aliphatic heterocycles. The van der Waals surface area contributed by atoms with Crippen LogP contribution in [0.5, 0.6) is 0 Å². The van der Waals surface area contributed by atoms with Gasteiger partial charge >= 0.3 is 5.97 Å². The van der Waals surface area contributed by atoms with E-state index < -0.39 is 16.9 Å². The summed E-state index contributed by atoms with van der Waals surface area (Å²) in [5.41, 5.74) is 1.47. The van der Waals surface area contributed by atoms with Crippen molar-refractivity contribution in [1.29, 1.82) is 0 Å². The predicted molar refractivity (Wildman–Crippen MR) is 129 cm³/mol. The number of nitrogens with zero attached hydrogens (tertiary/aromatic N) is 6. The van der Waals surface area contributed by atoms with Crippen LogP contribution in [-0.2, 0) is 27.3 Å². The number of non-ortho nitro benzene ring substituents is 1. The lowest BCUT2D eigenvalue weighted by molar-refractivity contribution is -0.385. The van der Waals surface area contributed by atoms with Crippen LogP contribution in [0.2, 0.25) is 0 Å². The number of aromatic nitrogens is 3. The molecule has 11 heteroatoms. The molecule has 1 aromatic carbocycles. The van der Waals surface area contributed by atoms with Crippen molar-refractivity contribution in [2.45, 2.75) is 31.8 Å². The third-order valence-electron chi connectivity index (χ3n) is 6.96. The number of anilines is 1. The van der Waals surface area contributed by atoms with Gasteiger partial charge in [0.25, 0.3) is 5.69 Å². The van der Waals surface area contributed by atoms with Crippen molar-refractivity contribution >= 4 is 23.4 Å². The van der Waals surface area contributed by atoms with Crippen LogP contribution in [-0.4, -0.2) is 62.5 Å². The highest BCUT2D eigenvalue weighted by Crippen LogP contribution is 2.31. The second kappa shape index (κ2) is 9.76. The Morgan fingerprint density at radius 3 is 2.47 bits per heavy atom. The summed E-state index contributed by atoms with van der Waals surface area (Å²) in [5.74, 6) is 0.692. The summed E-state index contributed by atoms with van der Waals surface area (Å²) in [4.78, 5) is 49.4. The zero-order valence-electron chi connectivity index (χ0n) is 19.8. The molecule has 0 unspecified atom stereocenters. The van der Waals surface area contributed by atoms with Crippen LogP contribution in [0, 0.1) is 16.0 Å². The van der Waals surface area contributed by atoms with Crippen molar-refractivity contribution < 1.29 is 19.2 Å². The van der Waals surface area contributed by atoms with Gasteiger partial charge in [-0.05, 0) is 36.1 Å². The maximum atomic E-state index is 13.6. The van der Waals surface area contributed by atoms with Crippen molar-refractivity contribution in [3.63, 3.8) is 0 Å². The van der Waals surface area contributed by atoms with E-state index in [-0.39, 0.29) is 30.5 Å². The van der Waals surface area contributed by atoms with E-state index in [1.54, 1.807) is 6.07 Å². The first kappa shape index (κ1) is 23.5. The Morgan fingerprint density at radius 1 is 1.06 bits per heavy atom. The standard InChI is InChI=1S/C25H26N6O5/c1-36-25(33)21-13-18-4-5-20(31(34)35)12-19(18)15-30(21)24(32)17-6-10-29(11-7-17)23-14-22(26-16-27-23)28-8-2-3-9-28/h2-5,8-9,12,14,16-17,21H,6-7,10-11,13,15H2,1H3/t21-/m1/s1. The molecule has 0 bridgehead atoms. The van der Waals surface area contributed by atoms with Gasteiger partial charge in [-0.15, -0.1) is 0 Å². The lowest BCUT2D eigenvalue weighted by Crippen LogP contribution is -2.52. The number of esters is 1. The molecule has 0 saturated carbocycles. The van der Waals surface area contributed by atoms with E-state index in [0.29, 0.717) is 31.5 Å². The van der Waals surface area contributed by atoms with Crippen LogP contribution in [0.3, 0.4) is 0 Å². The Hall–Kier alpha value is -4.28. The summed E-state index contributed by atoms with van der Waals surface area (Å²) in [6.45, 7) is 1.41. The summed E-state index contributed by atoms with van der Waals surface area (Å²) < 4.78 is 6.90. The minimum absolute atomic E-state index is 0.0323. The van der Waals surface area contributed by atoms with Crippen molar-refractivity contribution in [3.05, 3.63) is 76.4 Å². The SMILES string of the molecule is COC(=O)[C@H]1Cc2ccc([N+](=O)[O-])cc2CN1C(=O)C1CCN(c2cc(-n3cccc3)ncn2)CC1. The molecule has 0 aliphatic carbocycles. The van der Waals surface area contributed by atoms with Crippen LogP contribution in [0.25, 0.3) is 5.82 Å². The predicted octanol–water partition coefficient (Wildman–Crippen LogP) is 2.52. The fourth-order valence-corrected chi connectivity index (χ4v) is 4.99. The normalized spacial score (nSPS) is 18.0. The molecule has 0 radical (unpaired) electrons. The van der Waals surface area contributed by atoms with Gasteiger partial charge in [0.2, 0.25) is 5.91 Å². The number of hydrogen-bond donors (Lipinski definition) is 0. The molecule has 2 aliphatic rings. The number of amides is 1. The van der Waals surface area contributed by atoms with E-state index in [4.69, 9.17) is 4.74 Å². The highest BCUT2D eigenvalue weighted by Gasteiger charge is 2.39. The number of fused-ring (bicyclic) bond motifs is 1. The minimum Gasteiger partial charge on any atom is -0.467 e. The molecule has 0 spiro atoms. The summed E-state index contributed by atoms with van der Waals surface area (Å²) in [7, 11) is 1.30. The van der Waals surface area contributed by atoms with Crippen LogP contribution < -0.4 is 4.90 Å². The van der Waals surface area contributed by atoms with Crippen LogP contribution >= 0.6 is 0 Å². The van der Waals surface area contributed by atoms with E-state index in [9.17, 15) is 19.7 Å². The first-order valence-corrected chi connectivity index (χ1v) is 11.8. The highest BCUT2D eigenvalue weighted by atomic mass is 16.6. The smallest absolute Gasteiger partial charge is 0.328 e. The zero-order valence-corrected chi connectivity index (χ0v) is 19.8. The Morgan fingerprint density at radius 2 is 1.78 bits per heavy atom. The summed E-state index contributed by atoms with van der Waals surface area (Å²) >= 11 is 0. The first-order chi connectivity index (χ1) is 17.4. The molecule has 3 aromatic rings. The first-order valence-electron chi connectivity index (χ1n) is 11.8. The minimum atomic E-state index is -0.750. The summed E-state index contributed by atoms with van der Waals surface area (Å²) in [6, 6.07) is 9.60. The molecule has 1 fully saturated rings. The molecular formula is C25H26N6O5. The van der Waals surface area contributed by atoms with Crippen LogP contribution in [0.4, 0.5) is 11.5 Å². The molecular weight excluding hydrogens is 464 g/mol. The molecule has 186 valence electrons. The Labute approximate surface area is 207 Å². The molecule has 1 amide bonds. The van der Waals surface area contributed by atoms with Gasteiger partial charge in [0.05, 0.1) is 12.0 Å². The molecule has 4 heterocycles. The maximum Gasteiger partial charge on any atom is 0.328 e. The average molecular weight is 491 g/mol. The lowest BCUT2D eigenvalue weighted by atomic mass is 9.89. The quantitative estimate of drug-likeness (QED) is 0.304. The van der Waals surface area contributed by atoms with Crippen molar-refractivity contribution in [1.82, 2.24) is 19.4 Å². The van der Waals surface area contributed by atoms with Gasteiger partial charge in [-0.25, -0.2) is 14.8 Å². The second-order valence-electron chi connectivity index (χ2n) is 9.01. The maximum absolute atomic E-state index is 13.6. The Kier molecular flexibility index (Phi) is 6.36. The summed E-state index contributed by atoms with van der Waals surface area (Å²) in [5, 5.41) is 11.2. The molecule has 11 nitrogen and oxygen atoms in total. The fraction of sp³-hybridized carbons (Fsp3) is 0.360. The van der Waals surface area contributed by atoms with Crippen LogP contribution in [0.1, 0.15) is 24.0 Å². The number of nitro groups is 1. The number of carbonyl (C=O) groups is 2. The van der Waals surface area contributed by atoms with E-state index in [1.165, 1.54) is 30.5 Å². The van der Waals surface area contributed by atoms with Gasteiger partial charge in [-0.2, -0.15) is 0 Å². The number of methoxy groups -OCH3 is 1. The number of hydrogen-bond acceptors (Lipinski definition) is 8. The number of carbonyl (C=O) groups excluding carboxylic acids is 2. The number of nitro benzene ring substituents is 1. The average Bonchev–Trinajstić information content (AvgIpc) is 3.46. The van der Waals surface area contributed by atoms with E-state index in [0.717, 1.165) is 17.2 Å². The van der Waals surface area contributed by atoms with Gasteiger partial charge in [0.1, 0.15) is 24.0 Å². The molecule has 1 atom stereocenters. The van der Waals surface area contributed by atoms with E-state index >= 15 is 0 Å². The van der Waals surface area contributed by atoms with E-state index in [1.807, 2.05) is 35.2 Å².